The predicted molar refractivity (Wildman–Crippen MR) is 56.1 cm³/mol. The van der Waals surface area contributed by atoms with Gasteiger partial charge in [-0.3, -0.25) is 0 Å². The first kappa shape index (κ1) is 11.1. The van der Waals surface area contributed by atoms with Crippen molar-refractivity contribution in [3.8, 4) is 5.75 Å². The first-order valence-corrected chi connectivity index (χ1v) is 4.27. The lowest BCUT2D eigenvalue weighted by molar-refractivity contribution is 0.474. The zero-order valence-electron chi connectivity index (χ0n) is 6.74. The van der Waals surface area contributed by atoms with Gasteiger partial charge in [-0.1, -0.05) is 15.9 Å². The number of benzene rings is 1. The van der Waals surface area contributed by atoms with Crippen LogP contribution in [-0.4, -0.2) is 15.3 Å². The molecule has 0 atom stereocenters. The fraction of sp³-hybridized carbons (Fsp3) is 0. The monoisotopic (exact) mass is 278 g/mol. The number of aromatic nitrogens is 2. The normalized spacial score (nSPS) is 9.86. The third-order valence-corrected chi connectivity index (χ3v) is 2.09. The molecule has 74 valence electrons. The summed E-state index contributed by atoms with van der Waals surface area (Å²) in [6, 6.07) is 2.86. The zero-order valence-corrected chi connectivity index (χ0v) is 9.14. The van der Waals surface area contributed by atoms with Gasteiger partial charge in [0.25, 0.3) is 0 Å². The van der Waals surface area contributed by atoms with Crippen molar-refractivity contribution in [3.05, 3.63) is 28.6 Å². The maximum Gasteiger partial charge on any atom is 0.148 e. The number of rotatable bonds is 0. The van der Waals surface area contributed by atoms with Crippen molar-refractivity contribution >= 4 is 39.2 Å². The molecule has 0 amide bonds. The van der Waals surface area contributed by atoms with E-state index in [0.717, 1.165) is 6.20 Å². The number of nitrogens with zero attached hydrogens (tertiary/aromatic N) is 2. The van der Waals surface area contributed by atoms with E-state index in [0.29, 0.717) is 9.99 Å². The van der Waals surface area contributed by atoms with Crippen molar-refractivity contribution in [2.75, 3.05) is 0 Å². The molecule has 0 saturated heterocycles. The average Bonchev–Trinajstić information content (AvgIpc) is 2.02. The minimum Gasteiger partial charge on any atom is -0.505 e. The third kappa shape index (κ3) is 1.78. The van der Waals surface area contributed by atoms with Crippen LogP contribution in [0.3, 0.4) is 0 Å². The quantitative estimate of drug-likeness (QED) is 0.806. The van der Waals surface area contributed by atoms with E-state index in [4.69, 9.17) is 0 Å². The van der Waals surface area contributed by atoms with E-state index < -0.39 is 5.82 Å². The lowest BCUT2D eigenvalue weighted by Gasteiger charge is -2.00. The molecule has 0 radical (unpaired) electrons. The molecule has 0 aliphatic heterocycles. The van der Waals surface area contributed by atoms with Gasteiger partial charge in [-0.05, 0) is 12.1 Å². The van der Waals surface area contributed by atoms with Crippen LogP contribution >= 0.6 is 28.3 Å². The van der Waals surface area contributed by atoms with Gasteiger partial charge in [0.05, 0.1) is 11.6 Å². The van der Waals surface area contributed by atoms with Gasteiger partial charge < -0.3 is 5.11 Å². The van der Waals surface area contributed by atoms with Crippen LogP contribution < -0.4 is 0 Å². The first-order valence-electron chi connectivity index (χ1n) is 3.48. The highest BCUT2D eigenvalue weighted by Gasteiger charge is 2.08. The molecule has 2 aromatic rings. The van der Waals surface area contributed by atoms with Gasteiger partial charge in [0.1, 0.15) is 17.1 Å². The molecule has 0 fully saturated rings. The molecule has 0 aliphatic rings. The SMILES string of the molecule is Cl.Oc1cnnc2cc(Br)cc(F)c12. The summed E-state index contributed by atoms with van der Waals surface area (Å²) in [5, 5.41) is 16.6. The van der Waals surface area contributed by atoms with Crippen LogP contribution in [0.2, 0.25) is 0 Å². The largest absolute Gasteiger partial charge is 0.505 e. The van der Waals surface area contributed by atoms with Crippen LogP contribution in [0, 0.1) is 5.82 Å². The van der Waals surface area contributed by atoms with Gasteiger partial charge >= 0.3 is 0 Å². The van der Waals surface area contributed by atoms with Crippen LogP contribution in [0.25, 0.3) is 10.9 Å². The maximum atomic E-state index is 13.3. The number of halogens is 3. The summed E-state index contributed by atoms with van der Waals surface area (Å²) < 4.78 is 13.8. The van der Waals surface area contributed by atoms with E-state index in [1.807, 2.05) is 0 Å². The van der Waals surface area contributed by atoms with Gasteiger partial charge in [-0.25, -0.2) is 4.39 Å². The predicted octanol–water partition coefficient (Wildman–Crippen LogP) is 2.66. The molecular weight excluding hydrogens is 274 g/mol. The highest BCUT2D eigenvalue weighted by Crippen LogP contribution is 2.27. The Kier molecular flexibility index (Phi) is 3.23. The molecule has 14 heavy (non-hydrogen) atoms. The van der Waals surface area contributed by atoms with Gasteiger partial charge in [0, 0.05) is 4.47 Å². The van der Waals surface area contributed by atoms with E-state index in [1.54, 1.807) is 6.07 Å². The van der Waals surface area contributed by atoms with Crippen molar-refractivity contribution < 1.29 is 9.50 Å². The van der Waals surface area contributed by atoms with Gasteiger partial charge in [0.15, 0.2) is 0 Å². The van der Waals surface area contributed by atoms with E-state index in [1.165, 1.54) is 6.07 Å². The van der Waals surface area contributed by atoms with Crippen LogP contribution in [0.15, 0.2) is 22.8 Å². The Hall–Kier alpha value is -0.940. The summed E-state index contributed by atoms with van der Waals surface area (Å²) in [5.74, 6) is -0.716. The van der Waals surface area contributed by atoms with Crippen LogP contribution in [0.4, 0.5) is 4.39 Å². The summed E-state index contributed by atoms with van der Waals surface area (Å²) in [4.78, 5) is 0. The maximum absolute atomic E-state index is 13.3. The second-order valence-electron chi connectivity index (χ2n) is 2.51. The smallest absolute Gasteiger partial charge is 0.148 e. The second kappa shape index (κ2) is 4.06. The molecule has 3 nitrogen and oxygen atoms in total. The second-order valence-corrected chi connectivity index (χ2v) is 3.43. The zero-order chi connectivity index (χ0) is 9.42. The Morgan fingerprint density at radius 1 is 1.36 bits per heavy atom. The van der Waals surface area contributed by atoms with Gasteiger partial charge in [-0.2, -0.15) is 10.2 Å². The number of fused-ring (bicyclic) bond motifs is 1. The van der Waals surface area contributed by atoms with Crippen LogP contribution in [0.5, 0.6) is 5.75 Å². The van der Waals surface area contributed by atoms with E-state index in [2.05, 4.69) is 26.1 Å². The van der Waals surface area contributed by atoms with Gasteiger partial charge in [0.2, 0.25) is 0 Å². The molecule has 1 heterocycles. The van der Waals surface area contributed by atoms with Crippen molar-refractivity contribution in [1.82, 2.24) is 10.2 Å². The fourth-order valence-corrected chi connectivity index (χ4v) is 1.52. The third-order valence-electron chi connectivity index (χ3n) is 1.64. The molecular formula is C8H5BrClFN2O. The van der Waals surface area contributed by atoms with E-state index >= 15 is 0 Å². The highest BCUT2D eigenvalue weighted by molar-refractivity contribution is 9.10. The summed E-state index contributed by atoms with van der Waals surface area (Å²) in [7, 11) is 0. The Labute approximate surface area is 93.5 Å². The Bertz CT molecular complexity index is 480. The summed E-state index contributed by atoms with van der Waals surface area (Å²) in [5.41, 5.74) is 0.326. The number of aromatic hydroxyl groups is 1. The lowest BCUT2D eigenvalue weighted by atomic mass is 10.2. The van der Waals surface area contributed by atoms with Crippen LogP contribution in [0.1, 0.15) is 0 Å². The molecule has 0 spiro atoms. The molecule has 2 rings (SSSR count). The number of hydrogen-bond donors (Lipinski definition) is 1. The van der Waals surface area contributed by atoms with Gasteiger partial charge in [-0.15, -0.1) is 12.4 Å². The minimum atomic E-state index is -0.517. The Balaban J connectivity index is 0.000000980. The first-order chi connectivity index (χ1) is 6.18. The van der Waals surface area contributed by atoms with E-state index in [9.17, 15) is 9.50 Å². The van der Waals surface area contributed by atoms with Crippen LogP contribution in [-0.2, 0) is 0 Å². The molecule has 1 aromatic heterocycles. The summed E-state index contributed by atoms with van der Waals surface area (Å²) in [6.45, 7) is 0. The molecule has 0 bridgehead atoms. The molecule has 0 unspecified atom stereocenters. The molecule has 1 aromatic carbocycles. The minimum absolute atomic E-state index is 0. The van der Waals surface area contributed by atoms with Crippen molar-refractivity contribution in [2.45, 2.75) is 0 Å². The van der Waals surface area contributed by atoms with Crippen molar-refractivity contribution in [2.24, 2.45) is 0 Å². The average molecular weight is 279 g/mol. The highest BCUT2D eigenvalue weighted by atomic mass is 79.9. The topological polar surface area (TPSA) is 46.0 Å². The van der Waals surface area contributed by atoms with Crippen molar-refractivity contribution in [1.29, 1.82) is 0 Å². The fourth-order valence-electron chi connectivity index (χ4n) is 1.10. The molecule has 1 N–H and O–H groups in total. The van der Waals surface area contributed by atoms with E-state index in [-0.39, 0.29) is 23.5 Å². The summed E-state index contributed by atoms with van der Waals surface area (Å²) in [6.07, 6.45) is 1.11. The van der Waals surface area contributed by atoms with Crippen molar-refractivity contribution in [3.63, 3.8) is 0 Å². The molecule has 0 saturated carbocycles. The number of hydrogen-bond acceptors (Lipinski definition) is 3. The lowest BCUT2D eigenvalue weighted by Crippen LogP contribution is -1.87. The Morgan fingerprint density at radius 3 is 2.79 bits per heavy atom. The standard InChI is InChI=1S/C8H4BrFN2O.ClH/c9-4-1-5(10)8-6(2-4)12-11-3-7(8)13;/h1-3H,(H,12,13);1H. The molecule has 0 aliphatic carbocycles. The Morgan fingerprint density at radius 2 is 2.07 bits per heavy atom. The molecule has 6 heteroatoms. The summed E-state index contributed by atoms with van der Waals surface area (Å²) >= 11 is 3.12.